The van der Waals surface area contributed by atoms with Crippen molar-refractivity contribution >= 4 is 15.9 Å². The van der Waals surface area contributed by atoms with Crippen molar-refractivity contribution in [2.24, 2.45) is 11.7 Å². The van der Waals surface area contributed by atoms with Crippen LogP contribution in [0.3, 0.4) is 0 Å². The lowest BCUT2D eigenvalue weighted by atomic mass is 9.93. The Balaban J connectivity index is 2.22. The summed E-state index contributed by atoms with van der Waals surface area (Å²) in [4.78, 5) is 2.56. The minimum atomic E-state index is 0.157. The van der Waals surface area contributed by atoms with Gasteiger partial charge in [-0.2, -0.15) is 0 Å². The molecule has 0 saturated carbocycles. The molecular formula is C15H23BrN2. The number of likely N-dealkylation sites (tertiary alicyclic amines) is 1. The molecule has 18 heavy (non-hydrogen) atoms. The van der Waals surface area contributed by atoms with Crippen molar-refractivity contribution in [2.45, 2.75) is 38.8 Å². The Labute approximate surface area is 119 Å². The van der Waals surface area contributed by atoms with Crippen LogP contribution in [0.5, 0.6) is 0 Å². The zero-order valence-corrected chi connectivity index (χ0v) is 12.9. The Hall–Kier alpha value is -0.380. The van der Waals surface area contributed by atoms with Gasteiger partial charge in [0.15, 0.2) is 0 Å². The maximum absolute atomic E-state index is 6.24. The van der Waals surface area contributed by atoms with Gasteiger partial charge in [0, 0.05) is 23.1 Å². The summed E-state index contributed by atoms with van der Waals surface area (Å²) in [6.07, 6.45) is 2.64. The Kier molecular flexibility index (Phi) is 4.82. The van der Waals surface area contributed by atoms with Gasteiger partial charge in [0.05, 0.1) is 0 Å². The molecule has 0 aliphatic carbocycles. The largest absolute Gasteiger partial charge is 0.326 e. The quantitative estimate of drug-likeness (QED) is 0.924. The van der Waals surface area contributed by atoms with Gasteiger partial charge in [-0.15, -0.1) is 0 Å². The molecule has 3 atom stereocenters. The van der Waals surface area contributed by atoms with Crippen LogP contribution < -0.4 is 5.73 Å². The molecule has 3 heteroatoms. The first-order chi connectivity index (χ1) is 8.58. The molecule has 1 heterocycles. The van der Waals surface area contributed by atoms with E-state index >= 15 is 0 Å². The monoisotopic (exact) mass is 310 g/mol. The van der Waals surface area contributed by atoms with Gasteiger partial charge in [-0.1, -0.05) is 35.0 Å². The predicted molar refractivity (Wildman–Crippen MR) is 80.5 cm³/mol. The van der Waals surface area contributed by atoms with E-state index in [1.54, 1.807) is 0 Å². The molecule has 1 aromatic rings. The predicted octanol–water partition coefficient (Wildman–Crippen LogP) is 3.57. The topological polar surface area (TPSA) is 29.3 Å². The summed E-state index contributed by atoms with van der Waals surface area (Å²) in [6.45, 7) is 6.79. The van der Waals surface area contributed by atoms with E-state index in [-0.39, 0.29) is 6.04 Å². The summed E-state index contributed by atoms with van der Waals surface area (Å²) in [5, 5.41) is 0. The molecule has 1 aliphatic rings. The Morgan fingerprint density at radius 1 is 1.44 bits per heavy atom. The normalized spacial score (nSPS) is 24.8. The van der Waals surface area contributed by atoms with E-state index in [1.165, 1.54) is 31.5 Å². The van der Waals surface area contributed by atoms with Gasteiger partial charge in [-0.05, 0) is 49.9 Å². The van der Waals surface area contributed by atoms with Crippen LogP contribution in [0.15, 0.2) is 28.7 Å². The SMILES string of the molecule is CC1CCCN(C(c2cccc(Br)c2)C(C)N)C1. The number of hydrogen-bond donors (Lipinski definition) is 1. The maximum Gasteiger partial charge on any atom is 0.0496 e. The fourth-order valence-electron chi connectivity index (χ4n) is 3.02. The second-order valence-corrected chi connectivity index (χ2v) is 6.52. The summed E-state index contributed by atoms with van der Waals surface area (Å²) in [5.41, 5.74) is 7.57. The van der Waals surface area contributed by atoms with E-state index < -0.39 is 0 Å². The van der Waals surface area contributed by atoms with Gasteiger partial charge < -0.3 is 5.73 Å². The van der Waals surface area contributed by atoms with Crippen LogP contribution >= 0.6 is 15.9 Å². The molecule has 3 unspecified atom stereocenters. The molecule has 2 rings (SSSR count). The zero-order valence-electron chi connectivity index (χ0n) is 11.3. The summed E-state index contributed by atoms with van der Waals surface area (Å²) in [7, 11) is 0. The first-order valence-corrected chi connectivity index (χ1v) is 7.62. The van der Waals surface area contributed by atoms with E-state index in [0.29, 0.717) is 6.04 Å². The summed E-state index contributed by atoms with van der Waals surface area (Å²) in [6, 6.07) is 9.06. The first-order valence-electron chi connectivity index (χ1n) is 6.83. The lowest BCUT2D eigenvalue weighted by molar-refractivity contribution is 0.116. The molecule has 100 valence electrons. The molecule has 0 amide bonds. The smallest absolute Gasteiger partial charge is 0.0496 e. The van der Waals surface area contributed by atoms with E-state index in [1.807, 2.05) is 0 Å². The van der Waals surface area contributed by atoms with Crippen molar-refractivity contribution in [1.29, 1.82) is 0 Å². The standard InChI is InChI=1S/C15H23BrN2/c1-11-5-4-8-18(10-11)15(12(2)17)13-6-3-7-14(16)9-13/h3,6-7,9,11-12,15H,4-5,8,10,17H2,1-2H3. The molecule has 1 aliphatic heterocycles. The van der Waals surface area contributed by atoms with Crippen LogP contribution in [0.4, 0.5) is 0 Å². The molecule has 1 fully saturated rings. The second kappa shape index (κ2) is 6.18. The molecule has 2 N–H and O–H groups in total. The number of piperidine rings is 1. The van der Waals surface area contributed by atoms with Crippen molar-refractivity contribution in [3.63, 3.8) is 0 Å². The summed E-state index contributed by atoms with van der Waals surface area (Å²) >= 11 is 3.56. The van der Waals surface area contributed by atoms with Gasteiger partial charge in [0.25, 0.3) is 0 Å². The number of hydrogen-bond acceptors (Lipinski definition) is 2. The minimum Gasteiger partial charge on any atom is -0.326 e. The van der Waals surface area contributed by atoms with Crippen LogP contribution in [0.1, 0.15) is 38.3 Å². The molecular weight excluding hydrogens is 288 g/mol. The third-order valence-electron chi connectivity index (χ3n) is 3.77. The van der Waals surface area contributed by atoms with Crippen LogP contribution in [0.2, 0.25) is 0 Å². The van der Waals surface area contributed by atoms with Crippen molar-refractivity contribution in [3.8, 4) is 0 Å². The van der Waals surface area contributed by atoms with Gasteiger partial charge in [0.1, 0.15) is 0 Å². The third-order valence-corrected chi connectivity index (χ3v) is 4.26. The highest BCUT2D eigenvalue weighted by Gasteiger charge is 2.27. The molecule has 1 aromatic carbocycles. The van der Waals surface area contributed by atoms with E-state index in [2.05, 4.69) is 58.9 Å². The van der Waals surface area contributed by atoms with Crippen molar-refractivity contribution in [1.82, 2.24) is 4.90 Å². The molecule has 0 spiro atoms. The fourth-order valence-corrected chi connectivity index (χ4v) is 3.43. The minimum absolute atomic E-state index is 0.157. The van der Waals surface area contributed by atoms with E-state index in [4.69, 9.17) is 5.73 Å². The lowest BCUT2D eigenvalue weighted by Gasteiger charge is -2.39. The number of nitrogens with zero attached hydrogens (tertiary/aromatic N) is 1. The number of nitrogens with two attached hydrogens (primary N) is 1. The highest BCUT2D eigenvalue weighted by Crippen LogP contribution is 2.30. The van der Waals surface area contributed by atoms with Gasteiger partial charge in [-0.3, -0.25) is 4.90 Å². The highest BCUT2D eigenvalue weighted by molar-refractivity contribution is 9.10. The van der Waals surface area contributed by atoms with Crippen LogP contribution in [-0.4, -0.2) is 24.0 Å². The second-order valence-electron chi connectivity index (χ2n) is 5.60. The van der Waals surface area contributed by atoms with Crippen molar-refractivity contribution in [3.05, 3.63) is 34.3 Å². The van der Waals surface area contributed by atoms with Gasteiger partial charge >= 0.3 is 0 Å². The molecule has 0 radical (unpaired) electrons. The molecule has 1 saturated heterocycles. The van der Waals surface area contributed by atoms with Crippen molar-refractivity contribution in [2.75, 3.05) is 13.1 Å². The van der Waals surface area contributed by atoms with E-state index in [9.17, 15) is 0 Å². The highest BCUT2D eigenvalue weighted by atomic mass is 79.9. The average Bonchev–Trinajstić information content (AvgIpc) is 2.28. The lowest BCUT2D eigenvalue weighted by Crippen LogP contribution is -2.44. The maximum atomic E-state index is 6.24. The van der Waals surface area contributed by atoms with Crippen LogP contribution in [0, 0.1) is 5.92 Å². The number of rotatable bonds is 3. The average molecular weight is 311 g/mol. The Bertz CT molecular complexity index is 392. The van der Waals surface area contributed by atoms with Crippen LogP contribution in [-0.2, 0) is 0 Å². The third kappa shape index (κ3) is 3.34. The molecule has 0 bridgehead atoms. The Morgan fingerprint density at radius 2 is 2.22 bits per heavy atom. The Morgan fingerprint density at radius 3 is 2.83 bits per heavy atom. The fraction of sp³-hybridized carbons (Fsp3) is 0.600. The van der Waals surface area contributed by atoms with Crippen LogP contribution in [0.25, 0.3) is 0 Å². The zero-order chi connectivity index (χ0) is 13.1. The van der Waals surface area contributed by atoms with E-state index in [0.717, 1.165) is 10.4 Å². The van der Waals surface area contributed by atoms with Gasteiger partial charge in [-0.25, -0.2) is 0 Å². The first kappa shape index (κ1) is 14.0. The van der Waals surface area contributed by atoms with Crippen molar-refractivity contribution < 1.29 is 0 Å². The summed E-state index contributed by atoms with van der Waals surface area (Å²) in [5.74, 6) is 0.784. The molecule has 0 aromatic heterocycles. The number of halogens is 1. The van der Waals surface area contributed by atoms with Gasteiger partial charge in [0.2, 0.25) is 0 Å². The number of benzene rings is 1. The molecule has 2 nitrogen and oxygen atoms in total. The summed E-state index contributed by atoms with van der Waals surface area (Å²) < 4.78 is 1.13.